The highest BCUT2D eigenvalue weighted by molar-refractivity contribution is 5.80. The van der Waals surface area contributed by atoms with Crippen LogP contribution >= 0.6 is 0 Å². The molecule has 33 heavy (non-hydrogen) atoms. The van der Waals surface area contributed by atoms with Gasteiger partial charge in [-0.25, -0.2) is 14.8 Å². The van der Waals surface area contributed by atoms with Crippen molar-refractivity contribution in [1.82, 2.24) is 35.4 Å². The summed E-state index contributed by atoms with van der Waals surface area (Å²) in [4.78, 5) is 4.13. The number of nitrogens with zero attached hydrogens (tertiary/aromatic N) is 6. The van der Waals surface area contributed by atoms with Crippen LogP contribution < -0.4 is 0 Å². The molecule has 4 aromatic rings. The highest BCUT2D eigenvalue weighted by Crippen LogP contribution is 2.32. The van der Waals surface area contributed by atoms with Gasteiger partial charge in [0.2, 0.25) is 5.82 Å². The normalized spacial score (nSPS) is 12.0. The zero-order chi connectivity index (χ0) is 23.3. The maximum Gasteiger partial charge on any atom is 0.308 e. The third-order valence-corrected chi connectivity index (χ3v) is 5.22. The molecule has 2 heterocycles. The van der Waals surface area contributed by atoms with Crippen LogP contribution in [-0.2, 0) is 12.5 Å². The largest absolute Gasteiger partial charge is 0.308 e. The number of allylic oxidation sites excluding steroid dienone is 1. The Morgan fingerprint density at radius 1 is 1.03 bits per heavy atom. The van der Waals surface area contributed by atoms with Gasteiger partial charge in [-0.3, -0.25) is 0 Å². The van der Waals surface area contributed by atoms with Gasteiger partial charge < -0.3 is 0 Å². The Morgan fingerprint density at radius 3 is 2.45 bits per heavy atom. The maximum atomic E-state index is 14.4. The van der Waals surface area contributed by atoms with Crippen molar-refractivity contribution in [3.05, 3.63) is 71.8 Å². The molecule has 0 saturated carbocycles. The molecule has 0 atom stereocenters. The van der Waals surface area contributed by atoms with E-state index in [4.69, 9.17) is 0 Å². The lowest BCUT2D eigenvalue weighted by molar-refractivity contribution is -0.0232. The van der Waals surface area contributed by atoms with E-state index in [0.29, 0.717) is 24.6 Å². The molecule has 0 aliphatic carbocycles. The van der Waals surface area contributed by atoms with Crippen LogP contribution in [0.1, 0.15) is 50.3 Å². The molecular formula is C24H25F2N7. The van der Waals surface area contributed by atoms with Crippen molar-refractivity contribution in [3.8, 4) is 22.5 Å². The van der Waals surface area contributed by atoms with Gasteiger partial charge in [0.25, 0.3) is 0 Å². The standard InChI is InChI=1S/C24H25F2N7/c1-3-5-10-21-27-23(24(25,26)15-4-2)30-33(21)16-17-11-13-18(14-12-17)19-8-6-7-9-20(19)22-28-31-32-29-22/h5-14H,3-4,15-16H2,1-2H3,(H,28,29,31,32). The van der Waals surface area contributed by atoms with Crippen LogP contribution in [0, 0.1) is 0 Å². The van der Waals surface area contributed by atoms with Crippen LogP contribution in [0.15, 0.2) is 54.6 Å². The van der Waals surface area contributed by atoms with Crippen LogP contribution in [0.5, 0.6) is 0 Å². The molecule has 170 valence electrons. The zero-order valence-electron chi connectivity index (χ0n) is 18.5. The van der Waals surface area contributed by atoms with Gasteiger partial charge in [0.05, 0.1) is 6.54 Å². The smallest absolute Gasteiger partial charge is 0.241 e. The number of hydrogen-bond acceptors (Lipinski definition) is 5. The Morgan fingerprint density at radius 2 is 1.79 bits per heavy atom. The van der Waals surface area contributed by atoms with E-state index in [0.717, 1.165) is 28.7 Å². The number of alkyl halides is 2. The van der Waals surface area contributed by atoms with E-state index < -0.39 is 11.7 Å². The number of benzene rings is 2. The summed E-state index contributed by atoms with van der Waals surface area (Å²) in [6.07, 6.45) is 4.50. The van der Waals surface area contributed by atoms with Crippen LogP contribution in [0.2, 0.25) is 0 Å². The van der Waals surface area contributed by atoms with E-state index in [1.807, 2.05) is 61.5 Å². The fourth-order valence-corrected chi connectivity index (χ4v) is 3.58. The lowest BCUT2D eigenvalue weighted by Crippen LogP contribution is -2.15. The van der Waals surface area contributed by atoms with Crippen LogP contribution in [0.4, 0.5) is 8.78 Å². The number of H-pyrrole nitrogens is 1. The third-order valence-electron chi connectivity index (χ3n) is 5.22. The highest BCUT2D eigenvalue weighted by atomic mass is 19.3. The number of hydrogen-bond donors (Lipinski definition) is 1. The van der Waals surface area contributed by atoms with E-state index in [-0.39, 0.29) is 6.42 Å². The minimum atomic E-state index is -3.04. The summed E-state index contributed by atoms with van der Waals surface area (Å²) in [5.74, 6) is -2.45. The van der Waals surface area contributed by atoms with Crippen molar-refractivity contribution in [2.45, 2.75) is 45.6 Å². The SMILES string of the molecule is CCC=Cc1nc(C(F)(F)CCC)nn1Cc1ccc(-c2ccccc2-c2nnn[nH]2)cc1. The summed E-state index contributed by atoms with van der Waals surface area (Å²) in [6, 6.07) is 15.7. The number of tetrazole rings is 1. The van der Waals surface area contributed by atoms with Gasteiger partial charge in [-0.05, 0) is 46.0 Å². The summed E-state index contributed by atoms with van der Waals surface area (Å²) in [7, 11) is 0. The first-order chi connectivity index (χ1) is 16.0. The number of aromatic nitrogens is 7. The molecule has 2 aromatic heterocycles. The third kappa shape index (κ3) is 5.02. The van der Waals surface area contributed by atoms with E-state index in [9.17, 15) is 8.78 Å². The number of rotatable bonds is 9. The molecule has 2 aromatic carbocycles. The molecule has 0 saturated heterocycles. The summed E-state index contributed by atoms with van der Waals surface area (Å²) >= 11 is 0. The van der Waals surface area contributed by atoms with Crippen LogP contribution in [0.3, 0.4) is 0 Å². The minimum absolute atomic E-state index is 0.275. The molecular weight excluding hydrogens is 424 g/mol. The summed E-state index contributed by atoms with van der Waals surface area (Å²) in [5, 5.41) is 18.3. The predicted molar refractivity (Wildman–Crippen MR) is 122 cm³/mol. The fourth-order valence-electron chi connectivity index (χ4n) is 3.58. The summed E-state index contributed by atoms with van der Waals surface area (Å²) < 4.78 is 30.4. The lowest BCUT2D eigenvalue weighted by Gasteiger charge is -2.10. The average molecular weight is 450 g/mol. The molecule has 0 aliphatic heterocycles. The molecule has 0 fully saturated rings. The van der Waals surface area contributed by atoms with E-state index in [1.165, 1.54) is 4.68 Å². The Bertz CT molecular complexity index is 1210. The van der Waals surface area contributed by atoms with Crippen LogP contribution in [0.25, 0.3) is 28.6 Å². The molecule has 4 rings (SSSR count). The lowest BCUT2D eigenvalue weighted by atomic mass is 9.98. The van der Waals surface area contributed by atoms with Gasteiger partial charge in [-0.2, -0.15) is 8.78 Å². The van der Waals surface area contributed by atoms with E-state index >= 15 is 0 Å². The van der Waals surface area contributed by atoms with Crippen molar-refractivity contribution >= 4 is 6.08 Å². The predicted octanol–water partition coefficient (Wildman–Crippen LogP) is 5.49. The maximum absolute atomic E-state index is 14.4. The van der Waals surface area contributed by atoms with Gasteiger partial charge in [-0.15, -0.1) is 10.2 Å². The molecule has 1 N–H and O–H groups in total. The van der Waals surface area contributed by atoms with E-state index in [1.54, 1.807) is 13.0 Å². The Kier molecular flexibility index (Phi) is 6.67. The Labute approximate surface area is 190 Å². The Balaban J connectivity index is 1.62. The second kappa shape index (κ2) is 9.81. The first-order valence-electron chi connectivity index (χ1n) is 10.9. The number of nitrogens with one attached hydrogen (secondary N) is 1. The van der Waals surface area contributed by atoms with Gasteiger partial charge in [0, 0.05) is 12.0 Å². The van der Waals surface area contributed by atoms with E-state index in [2.05, 4.69) is 30.7 Å². The first-order valence-corrected chi connectivity index (χ1v) is 10.9. The van der Waals surface area contributed by atoms with Crippen LogP contribution in [-0.4, -0.2) is 35.4 Å². The topological polar surface area (TPSA) is 85.2 Å². The second-order valence-corrected chi connectivity index (χ2v) is 7.71. The molecule has 0 aliphatic rings. The van der Waals surface area contributed by atoms with Crippen molar-refractivity contribution in [2.75, 3.05) is 0 Å². The molecule has 0 spiro atoms. The van der Waals surface area contributed by atoms with Crippen molar-refractivity contribution in [3.63, 3.8) is 0 Å². The van der Waals surface area contributed by atoms with Gasteiger partial charge >= 0.3 is 5.92 Å². The first kappa shape index (κ1) is 22.4. The molecule has 0 unspecified atom stereocenters. The molecule has 0 bridgehead atoms. The summed E-state index contributed by atoms with van der Waals surface area (Å²) in [5.41, 5.74) is 3.79. The van der Waals surface area contributed by atoms with Crippen molar-refractivity contribution in [1.29, 1.82) is 0 Å². The van der Waals surface area contributed by atoms with Crippen molar-refractivity contribution in [2.24, 2.45) is 0 Å². The minimum Gasteiger partial charge on any atom is -0.241 e. The molecule has 0 radical (unpaired) electrons. The molecule has 9 heteroatoms. The van der Waals surface area contributed by atoms with Gasteiger partial charge in [-0.1, -0.05) is 68.5 Å². The van der Waals surface area contributed by atoms with Gasteiger partial charge in [0.15, 0.2) is 11.6 Å². The molecule has 7 nitrogen and oxygen atoms in total. The number of halogens is 2. The Hall–Kier alpha value is -3.75. The number of aromatic amines is 1. The second-order valence-electron chi connectivity index (χ2n) is 7.71. The highest BCUT2D eigenvalue weighted by Gasteiger charge is 2.35. The average Bonchev–Trinajstić information content (AvgIpc) is 3.49. The monoisotopic (exact) mass is 449 g/mol. The summed E-state index contributed by atoms with van der Waals surface area (Å²) in [6.45, 7) is 4.04. The van der Waals surface area contributed by atoms with Crippen molar-refractivity contribution < 1.29 is 8.78 Å². The fraction of sp³-hybridized carbons (Fsp3) is 0.292. The quantitative estimate of drug-likeness (QED) is 0.365. The zero-order valence-corrected chi connectivity index (χ0v) is 18.5. The molecule has 0 amide bonds. The van der Waals surface area contributed by atoms with Gasteiger partial charge in [0.1, 0.15) is 0 Å².